The van der Waals surface area contributed by atoms with Gasteiger partial charge in [-0.3, -0.25) is 0 Å². The van der Waals surface area contributed by atoms with E-state index in [1.54, 1.807) is 11.3 Å². The number of rotatable bonds is 8. The highest BCUT2D eigenvalue weighted by Crippen LogP contribution is 2.21. The van der Waals surface area contributed by atoms with Gasteiger partial charge in [0.15, 0.2) is 0 Å². The first-order valence-electron chi connectivity index (χ1n) is 5.36. The van der Waals surface area contributed by atoms with Crippen LogP contribution >= 0.6 is 11.3 Å². The molecule has 1 aromatic heterocycles. The maximum atomic E-state index is 11.8. The van der Waals surface area contributed by atoms with E-state index in [-0.39, 0.29) is 6.04 Å². The van der Waals surface area contributed by atoms with E-state index >= 15 is 0 Å². The molecule has 1 unspecified atom stereocenters. The third-order valence-electron chi connectivity index (χ3n) is 2.13. The summed E-state index contributed by atoms with van der Waals surface area (Å²) >= 11 is 1.67. The molecular weight excluding hydrogens is 232 g/mol. The second kappa shape index (κ2) is 7.70. The first-order chi connectivity index (χ1) is 7.74. The lowest BCUT2D eigenvalue weighted by Gasteiger charge is -2.16. The number of thiophene rings is 1. The van der Waals surface area contributed by atoms with Gasteiger partial charge in [0.25, 0.3) is 6.43 Å². The fourth-order valence-corrected chi connectivity index (χ4v) is 2.29. The minimum absolute atomic E-state index is 0.211. The van der Waals surface area contributed by atoms with Crippen LogP contribution in [-0.2, 0) is 4.74 Å². The fourth-order valence-electron chi connectivity index (χ4n) is 1.45. The van der Waals surface area contributed by atoms with Crippen molar-refractivity contribution in [2.24, 2.45) is 0 Å². The summed E-state index contributed by atoms with van der Waals surface area (Å²) in [6, 6.07) is 4.25. The molecule has 0 amide bonds. The van der Waals surface area contributed by atoms with Gasteiger partial charge in [-0.05, 0) is 24.4 Å². The van der Waals surface area contributed by atoms with Gasteiger partial charge in [-0.15, -0.1) is 11.3 Å². The average molecular weight is 249 g/mol. The first-order valence-corrected chi connectivity index (χ1v) is 6.24. The van der Waals surface area contributed by atoms with Gasteiger partial charge in [0.05, 0.1) is 0 Å². The molecule has 16 heavy (non-hydrogen) atoms. The summed E-state index contributed by atoms with van der Waals surface area (Å²) in [6.45, 7) is 2.78. The predicted molar refractivity (Wildman–Crippen MR) is 62.2 cm³/mol. The average Bonchev–Trinajstić information content (AvgIpc) is 2.75. The van der Waals surface area contributed by atoms with Crippen molar-refractivity contribution in [2.75, 3.05) is 19.8 Å². The van der Waals surface area contributed by atoms with Crippen LogP contribution in [0.5, 0.6) is 0 Å². The van der Waals surface area contributed by atoms with Crippen LogP contribution in [0.1, 0.15) is 24.3 Å². The molecule has 2 nitrogen and oxygen atoms in total. The highest BCUT2D eigenvalue weighted by Gasteiger charge is 2.11. The van der Waals surface area contributed by atoms with Crippen LogP contribution in [0.3, 0.4) is 0 Å². The molecule has 1 rings (SSSR count). The van der Waals surface area contributed by atoms with Crippen LogP contribution in [0.15, 0.2) is 17.5 Å². The molecule has 0 aromatic carbocycles. The molecule has 1 aromatic rings. The third-order valence-corrected chi connectivity index (χ3v) is 3.12. The van der Waals surface area contributed by atoms with Crippen LogP contribution in [0, 0.1) is 0 Å². The summed E-state index contributed by atoms with van der Waals surface area (Å²) in [5, 5.41) is 5.33. The molecule has 1 heterocycles. The number of alkyl halides is 2. The molecule has 92 valence electrons. The molecule has 1 atom stereocenters. The van der Waals surface area contributed by atoms with Crippen molar-refractivity contribution in [3.05, 3.63) is 22.4 Å². The molecule has 0 aliphatic heterocycles. The van der Waals surface area contributed by atoms with Crippen molar-refractivity contribution >= 4 is 11.3 Å². The number of halogens is 2. The van der Waals surface area contributed by atoms with E-state index in [1.807, 2.05) is 24.4 Å². The zero-order valence-corrected chi connectivity index (χ0v) is 10.1. The zero-order valence-electron chi connectivity index (χ0n) is 9.29. The van der Waals surface area contributed by atoms with E-state index in [2.05, 4.69) is 5.32 Å². The maximum Gasteiger partial charge on any atom is 0.261 e. The maximum absolute atomic E-state index is 11.8. The van der Waals surface area contributed by atoms with Gasteiger partial charge in [-0.2, -0.15) is 0 Å². The van der Waals surface area contributed by atoms with E-state index in [0.717, 1.165) is 13.0 Å². The molecule has 0 bridgehead atoms. The Morgan fingerprint density at radius 2 is 2.31 bits per heavy atom. The molecule has 0 aliphatic rings. The normalized spacial score (nSPS) is 13.2. The second-order valence-electron chi connectivity index (χ2n) is 3.38. The Kier molecular flexibility index (Phi) is 6.52. The van der Waals surface area contributed by atoms with Gasteiger partial charge in [0.2, 0.25) is 0 Å². The molecule has 1 N–H and O–H groups in total. The fraction of sp³-hybridized carbons (Fsp3) is 0.636. The Labute approximate surface area is 98.6 Å². The Bertz CT molecular complexity index is 267. The molecule has 0 saturated carbocycles. The topological polar surface area (TPSA) is 21.3 Å². The number of hydrogen-bond donors (Lipinski definition) is 1. The van der Waals surface area contributed by atoms with Gasteiger partial charge < -0.3 is 10.1 Å². The molecule has 0 saturated heterocycles. The van der Waals surface area contributed by atoms with Crippen molar-refractivity contribution in [3.8, 4) is 0 Å². The van der Waals surface area contributed by atoms with Crippen molar-refractivity contribution in [2.45, 2.75) is 25.8 Å². The quantitative estimate of drug-likeness (QED) is 0.715. The molecule has 0 radical (unpaired) electrons. The summed E-state index contributed by atoms with van der Waals surface area (Å²) in [7, 11) is 0. The van der Waals surface area contributed by atoms with Gasteiger partial charge in [0.1, 0.15) is 6.61 Å². The highest BCUT2D eigenvalue weighted by molar-refractivity contribution is 7.10. The summed E-state index contributed by atoms with van der Waals surface area (Å²) in [5.41, 5.74) is 0. The largest absolute Gasteiger partial charge is 0.375 e. The van der Waals surface area contributed by atoms with Gasteiger partial charge in [-0.25, -0.2) is 8.78 Å². The predicted octanol–water partition coefficient (Wildman–Crippen LogP) is 3.07. The summed E-state index contributed by atoms with van der Waals surface area (Å²) in [5.74, 6) is 0. The van der Waals surface area contributed by atoms with Crippen LogP contribution < -0.4 is 5.32 Å². The number of ether oxygens (including phenoxy) is 1. The monoisotopic (exact) mass is 249 g/mol. The van der Waals surface area contributed by atoms with E-state index < -0.39 is 13.0 Å². The van der Waals surface area contributed by atoms with Crippen molar-refractivity contribution in [3.63, 3.8) is 0 Å². The number of nitrogens with one attached hydrogen (secondary N) is 1. The number of hydrogen-bond acceptors (Lipinski definition) is 3. The summed E-state index contributed by atoms with van der Waals surface area (Å²) in [4.78, 5) is 1.22. The lowest BCUT2D eigenvalue weighted by Crippen LogP contribution is -2.22. The minimum Gasteiger partial charge on any atom is -0.375 e. The van der Waals surface area contributed by atoms with Crippen molar-refractivity contribution in [1.29, 1.82) is 0 Å². The van der Waals surface area contributed by atoms with Crippen molar-refractivity contribution in [1.82, 2.24) is 5.32 Å². The smallest absolute Gasteiger partial charge is 0.261 e. The van der Waals surface area contributed by atoms with Gasteiger partial charge in [-0.1, -0.05) is 13.0 Å². The van der Waals surface area contributed by atoms with Crippen LogP contribution in [0.4, 0.5) is 8.78 Å². The lowest BCUT2D eigenvalue weighted by molar-refractivity contribution is 0.0145. The second-order valence-corrected chi connectivity index (χ2v) is 4.36. The molecule has 0 fully saturated rings. The lowest BCUT2D eigenvalue weighted by atomic mass is 10.2. The summed E-state index contributed by atoms with van der Waals surface area (Å²) in [6.07, 6.45) is -1.65. The van der Waals surface area contributed by atoms with Crippen molar-refractivity contribution < 1.29 is 13.5 Å². The van der Waals surface area contributed by atoms with Crippen LogP contribution in [-0.4, -0.2) is 26.2 Å². The Hall–Kier alpha value is -0.520. The van der Waals surface area contributed by atoms with Crippen LogP contribution in [0.25, 0.3) is 0 Å². The highest BCUT2D eigenvalue weighted by atomic mass is 32.1. The first kappa shape index (κ1) is 13.5. The Morgan fingerprint density at radius 3 is 2.88 bits per heavy atom. The molecular formula is C11H17F2NOS. The minimum atomic E-state index is -2.38. The van der Waals surface area contributed by atoms with E-state index in [9.17, 15) is 8.78 Å². The molecule has 0 aliphatic carbocycles. The SMILES string of the molecule is CCNC(CCOCC(F)F)c1cccs1. The Balaban J connectivity index is 2.29. The van der Waals surface area contributed by atoms with E-state index in [4.69, 9.17) is 4.74 Å². The standard InChI is InChI=1S/C11H17F2NOS/c1-2-14-9(10-4-3-7-16-10)5-6-15-8-11(12)13/h3-4,7,9,11,14H,2,5-6,8H2,1H3. The Morgan fingerprint density at radius 1 is 1.50 bits per heavy atom. The van der Waals surface area contributed by atoms with E-state index in [0.29, 0.717) is 6.61 Å². The van der Waals surface area contributed by atoms with Gasteiger partial charge in [0, 0.05) is 17.5 Å². The molecule has 0 spiro atoms. The van der Waals surface area contributed by atoms with E-state index in [1.165, 1.54) is 4.88 Å². The molecule has 5 heteroatoms. The zero-order chi connectivity index (χ0) is 11.8. The van der Waals surface area contributed by atoms with Crippen LogP contribution in [0.2, 0.25) is 0 Å². The third kappa shape index (κ3) is 5.01. The summed E-state index contributed by atoms with van der Waals surface area (Å²) < 4.78 is 28.6. The van der Waals surface area contributed by atoms with Gasteiger partial charge >= 0.3 is 0 Å².